The minimum Gasteiger partial charge on any atom is -0.392 e. The number of likely N-dealkylation sites (N-methyl/N-ethyl adjacent to an activating group) is 1. The monoisotopic (exact) mass is 217 g/mol. The number of fused-ring (bicyclic) bond motifs is 1. The van der Waals surface area contributed by atoms with Crippen LogP contribution in [0.2, 0.25) is 0 Å². The van der Waals surface area contributed by atoms with Gasteiger partial charge >= 0.3 is 0 Å². The first-order valence-corrected chi connectivity index (χ1v) is 5.28. The molecule has 4 heteroatoms. The Hall–Kier alpha value is -1.68. The summed E-state index contributed by atoms with van der Waals surface area (Å²) in [7, 11) is 1.94. The summed E-state index contributed by atoms with van der Waals surface area (Å²) < 4.78 is 0. The molecule has 1 N–H and O–H groups in total. The van der Waals surface area contributed by atoms with E-state index >= 15 is 0 Å². The van der Waals surface area contributed by atoms with Crippen LogP contribution >= 0.6 is 0 Å². The van der Waals surface area contributed by atoms with Gasteiger partial charge in [0, 0.05) is 19.0 Å². The van der Waals surface area contributed by atoms with Gasteiger partial charge in [-0.15, -0.1) is 0 Å². The zero-order valence-electron chi connectivity index (χ0n) is 9.46. The molecule has 0 radical (unpaired) electrons. The molecule has 0 spiro atoms. The molecule has 1 unspecified atom stereocenters. The molecule has 1 atom stereocenters. The van der Waals surface area contributed by atoms with E-state index in [1.54, 1.807) is 13.1 Å². The van der Waals surface area contributed by atoms with Crippen molar-refractivity contribution in [3.05, 3.63) is 30.5 Å². The van der Waals surface area contributed by atoms with Gasteiger partial charge in [0.2, 0.25) is 0 Å². The van der Waals surface area contributed by atoms with Crippen molar-refractivity contribution in [2.45, 2.75) is 13.0 Å². The molecule has 0 amide bonds. The molecule has 0 saturated carbocycles. The van der Waals surface area contributed by atoms with Crippen LogP contribution in [0.5, 0.6) is 0 Å². The second-order valence-electron chi connectivity index (χ2n) is 3.98. The normalized spacial score (nSPS) is 12.7. The molecule has 0 aliphatic carbocycles. The maximum atomic E-state index is 9.38. The third-order valence-corrected chi connectivity index (χ3v) is 2.47. The van der Waals surface area contributed by atoms with Crippen molar-refractivity contribution in [1.29, 1.82) is 0 Å². The summed E-state index contributed by atoms with van der Waals surface area (Å²) in [5.74, 6) is 0. The van der Waals surface area contributed by atoms with Gasteiger partial charge in [-0.3, -0.25) is 0 Å². The second kappa shape index (κ2) is 4.45. The number of hydrogen-bond acceptors (Lipinski definition) is 4. The van der Waals surface area contributed by atoms with Crippen LogP contribution < -0.4 is 4.90 Å². The number of aromatic nitrogens is 2. The molecule has 2 aromatic rings. The van der Waals surface area contributed by atoms with E-state index < -0.39 is 0 Å². The SMILES string of the molecule is CC(O)CN(C)c1cnnc2ccccc12. The van der Waals surface area contributed by atoms with Crippen molar-refractivity contribution in [3.8, 4) is 0 Å². The minimum atomic E-state index is -0.364. The molecule has 0 aliphatic heterocycles. The third-order valence-electron chi connectivity index (χ3n) is 2.47. The van der Waals surface area contributed by atoms with Crippen molar-refractivity contribution < 1.29 is 5.11 Å². The number of aliphatic hydroxyl groups excluding tert-OH is 1. The highest BCUT2D eigenvalue weighted by atomic mass is 16.3. The van der Waals surface area contributed by atoms with Gasteiger partial charge in [0.25, 0.3) is 0 Å². The highest BCUT2D eigenvalue weighted by Gasteiger charge is 2.08. The van der Waals surface area contributed by atoms with E-state index in [2.05, 4.69) is 10.2 Å². The van der Waals surface area contributed by atoms with E-state index in [-0.39, 0.29) is 6.10 Å². The quantitative estimate of drug-likeness (QED) is 0.845. The van der Waals surface area contributed by atoms with E-state index in [0.29, 0.717) is 6.54 Å². The molecule has 1 heterocycles. The van der Waals surface area contributed by atoms with Crippen molar-refractivity contribution in [2.75, 3.05) is 18.5 Å². The predicted molar refractivity (Wildman–Crippen MR) is 64.5 cm³/mol. The summed E-state index contributed by atoms with van der Waals surface area (Å²) in [5, 5.41) is 18.5. The predicted octanol–water partition coefficient (Wildman–Crippen LogP) is 1.45. The van der Waals surface area contributed by atoms with E-state index in [1.807, 2.05) is 36.2 Å². The fourth-order valence-electron chi connectivity index (χ4n) is 1.79. The van der Waals surface area contributed by atoms with Gasteiger partial charge in [-0.05, 0) is 13.0 Å². The molecular weight excluding hydrogens is 202 g/mol. The zero-order chi connectivity index (χ0) is 11.5. The molecule has 0 bridgehead atoms. The van der Waals surface area contributed by atoms with E-state index in [0.717, 1.165) is 16.6 Å². The molecule has 1 aromatic heterocycles. The zero-order valence-corrected chi connectivity index (χ0v) is 9.46. The summed E-state index contributed by atoms with van der Waals surface area (Å²) in [6.45, 7) is 2.35. The molecule has 2 rings (SSSR count). The fraction of sp³-hybridized carbons (Fsp3) is 0.333. The van der Waals surface area contributed by atoms with Crippen LogP contribution in [-0.2, 0) is 0 Å². The Bertz CT molecular complexity index is 479. The highest BCUT2D eigenvalue weighted by molar-refractivity contribution is 5.90. The maximum absolute atomic E-state index is 9.38. The lowest BCUT2D eigenvalue weighted by atomic mass is 10.2. The lowest BCUT2D eigenvalue weighted by Gasteiger charge is -2.21. The van der Waals surface area contributed by atoms with Gasteiger partial charge in [-0.1, -0.05) is 18.2 Å². The van der Waals surface area contributed by atoms with Gasteiger partial charge in [0.15, 0.2) is 0 Å². The lowest BCUT2D eigenvalue weighted by Crippen LogP contribution is -2.27. The molecule has 1 aromatic carbocycles. The Morgan fingerprint density at radius 1 is 1.38 bits per heavy atom. The largest absolute Gasteiger partial charge is 0.392 e. The number of nitrogens with zero attached hydrogens (tertiary/aromatic N) is 3. The first-order chi connectivity index (χ1) is 7.68. The van der Waals surface area contributed by atoms with Crippen LogP contribution in [0, 0.1) is 0 Å². The maximum Gasteiger partial charge on any atom is 0.0950 e. The number of benzene rings is 1. The molecule has 4 nitrogen and oxygen atoms in total. The van der Waals surface area contributed by atoms with Crippen molar-refractivity contribution in [2.24, 2.45) is 0 Å². The molecule has 16 heavy (non-hydrogen) atoms. The Kier molecular flexibility index (Phi) is 3.01. The van der Waals surface area contributed by atoms with Crippen LogP contribution in [0.4, 0.5) is 5.69 Å². The van der Waals surface area contributed by atoms with E-state index in [1.165, 1.54) is 0 Å². The first-order valence-electron chi connectivity index (χ1n) is 5.28. The van der Waals surface area contributed by atoms with Gasteiger partial charge in [-0.2, -0.15) is 10.2 Å². The summed E-state index contributed by atoms with van der Waals surface area (Å²) >= 11 is 0. The number of rotatable bonds is 3. The van der Waals surface area contributed by atoms with Gasteiger partial charge in [0.05, 0.1) is 23.5 Å². The summed E-state index contributed by atoms with van der Waals surface area (Å²) in [6, 6.07) is 7.86. The average molecular weight is 217 g/mol. The van der Waals surface area contributed by atoms with Crippen LogP contribution in [0.15, 0.2) is 30.5 Å². The fourth-order valence-corrected chi connectivity index (χ4v) is 1.79. The first kappa shape index (κ1) is 10.8. The van der Waals surface area contributed by atoms with Gasteiger partial charge in [-0.25, -0.2) is 0 Å². The summed E-state index contributed by atoms with van der Waals surface area (Å²) in [6.07, 6.45) is 1.36. The Morgan fingerprint density at radius 2 is 2.12 bits per heavy atom. The number of aliphatic hydroxyl groups is 1. The minimum absolute atomic E-state index is 0.364. The highest BCUT2D eigenvalue weighted by Crippen LogP contribution is 2.22. The van der Waals surface area contributed by atoms with E-state index in [4.69, 9.17) is 0 Å². The van der Waals surface area contributed by atoms with Crippen LogP contribution in [-0.4, -0.2) is 35.0 Å². The Morgan fingerprint density at radius 3 is 2.88 bits per heavy atom. The summed E-state index contributed by atoms with van der Waals surface area (Å²) in [4.78, 5) is 1.99. The molecular formula is C12H15N3O. The van der Waals surface area contributed by atoms with Crippen LogP contribution in [0.1, 0.15) is 6.92 Å². The average Bonchev–Trinajstić information content (AvgIpc) is 2.27. The molecule has 0 saturated heterocycles. The smallest absolute Gasteiger partial charge is 0.0950 e. The van der Waals surface area contributed by atoms with Gasteiger partial charge in [0.1, 0.15) is 0 Å². The molecule has 84 valence electrons. The van der Waals surface area contributed by atoms with Crippen LogP contribution in [0.3, 0.4) is 0 Å². The Labute approximate surface area is 94.5 Å². The summed E-state index contributed by atoms with van der Waals surface area (Å²) in [5.41, 5.74) is 1.86. The molecule has 0 fully saturated rings. The van der Waals surface area contributed by atoms with E-state index in [9.17, 15) is 5.11 Å². The van der Waals surface area contributed by atoms with Crippen molar-refractivity contribution in [3.63, 3.8) is 0 Å². The number of hydrogen-bond donors (Lipinski definition) is 1. The standard InChI is InChI=1S/C12H15N3O/c1-9(16)8-15(2)12-7-13-14-11-6-4-3-5-10(11)12/h3-7,9,16H,8H2,1-2H3. The lowest BCUT2D eigenvalue weighted by molar-refractivity contribution is 0.201. The van der Waals surface area contributed by atoms with Crippen molar-refractivity contribution >= 4 is 16.6 Å². The van der Waals surface area contributed by atoms with Crippen LogP contribution in [0.25, 0.3) is 10.9 Å². The second-order valence-corrected chi connectivity index (χ2v) is 3.98. The van der Waals surface area contributed by atoms with Crippen molar-refractivity contribution in [1.82, 2.24) is 10.2 Å². The third kappa shape index (κ3) is 2.12. The van der Waals surface area contributed by atoms with Gasteiger partial charge < -0.3 is 10.0 Å². The topological polar surface area (TPSA) is 49.2 Å². The number of anilines is 1. The molecule has 0 aliphatic rings. The Balaban J connectivity index is 2.44.